The van der Waals surface area contributed by atoms with Crippen molar-refractivity contribution >= 4 is 0 Å². The van der Waals surface area contributed by atoms with E-state index in [4.69, 9.17) is 4.74 Å². The lowest BCUT2D eigenvalue weighted by Crippen LogP contribution is -2.15. The van der Waals surface area contributed by atoms with Gasteiger partial charge < -0.3 is 10.1 Å². The molecule has 0 saturated carbocycles. The molecule has 0 aliphatic heterocycles. The molecule has 0 bridgehead atoms. The Bertz CT molecular complexity index is 519. The molecule has 19 heavy (non-hydrogen) atoms. The Hall–Kier alpha value is -1.87. The highest BCUT2D eigenvalue weighted by Crippen LogP contribution is 2.30. The Balaban J connectivity index is 2.27. The maximum atomic E-state index is 5.95. The van der Waals surface area contributed by atoms with Gasteiger partial charge in [0.05, 0.1) is 6.20 Å². The molecule has 0 aliphatic carbocycles. The monoisotopic (exact) mass is 256 g/mol. The predicted octanol–water partition coefficient (Wildman–Crippen LogP) is 3.85. The second kappa shape index (κ2) is 6.34. The molecule has 0 spiro atoms. The third-order valence-corrected chi connectivity index (χ3v) is 3.16. The zero-order valence-electron chi connectivity index (χ0n) is 11.7. The molecule has 3 nitrogen and oxygen atoms in total. The van der Waals surface area contributed by atoms with Crippen LogP contribution in [-0.4, -0.2) is 12.0 Å². The molecule has 1 aromatic carbocycles. The minimum Gasteiger partial charge on any atom is -0.455 e. The first kappa shape index (κ1) is 13.6. The first-order valence-electron chi connectivity index (χ1n) is 6.61. The van der Waals surface area contributed by atoms with Gasteiger partial charge in [-0.1, -0.05) is 25.1 Å². The number of pyridine rings is 1. The maximum Gasteiger partial charge on any atom is 0.145 e. The topological polar surface area (TPSA) is 34.1 Å². The Morgan fingerprint density at radius 2 is 2.00 bits per heavy atom. The fourth-order valence-electron chi connectivity index (χ4n) is 2.08. The van der Waals surface area contributed by atoms with E-state index in [-0.39, 0.29) is 0 Å². The normalized spacial score (nSPS) is 12.2. The van der Waals surface area contributed by atoms with E-state index in [2.05, 4.69) is 23.3 Å². The number of benzene rings is 1. The van der Waals surface area contributed by atoms with E-state index in [1.165, 1.54) is 5.56 Å². The van der Waals surface area contributed by atoms with Crippen molar-refractivity contribution in [2.45, 2.75) is 26.3 Å². The van der Waals surface area contributed by atoms with Crippen LogP contribution in [0.3, 0.4) is 0 Å². The van der Waals surface area contributed by atoms with Crippen molar-refractivity contribution in [3.63, 3.8) is 0 Å². The molecule has 0 amide bonds. The van der Waals surface area contributed by atoms with Crippen molar-refractivity contribution in [3.8, 4) is 11.5 Å². The lowest BCUT2D eigenvalue weighted by atomic mass is 10.0. The summed E-state index contributed by atoms with van der Waals surface area (Å²) in [5.41, 5.74) is 2.16. The Labute approximate surface area is 114 Å². The average Bonchev–Trinajstić information content (AvgIpc) is 2.44. The van der Waals surface area contributed by atoms with E-state index < -0.39 is 0 Å². The molecular weight excluding hydrogens is 236 g/mol. The largest absolute Gasteiger partial charge is 0.455 e. The van der Waals surface area contributed by atoms with Gasteiger partial charge in [0.25, 0.3) is 0 Å². The molecule has 0 aliphatic rings. The van der Waals surface area contributed by atoms with E-state index in [1.54, 1.807) is 6.20 Å². The Kier molecular flexibility index (Phi) is 4.53. The average molecular weight is 256 g/mol. The van der Waals surface area contributed by atoms with E-state index in [9.17, 15) is 0 Å². The molecule has 1 heterocycles. The van der Waals surface area contributed by atoms with Crippen LogP contribution in [0.2, 0.25) is 0 Å². The molecule has 2 rings (SSSR count). The van der Waals surface area contributed by atoms with E-state index in [0.717, 1.165) is 23.6 Å². The number of rotatable bonds is 5. The molecule has 0 fully saturated rings. The number of nitrogens with one attached hydrogen (secondary N) is 1. The molecule has 1 aromatic heterocycles. The lowest BCUT2D eigenvalue weighted by molar-refractivity contribution is 0.457. The van der Waals surface area contributed by atoms with E-state index in [0.29, 0.717) is 6.04 Å². The van der Waals surface area contributed by atoms with Crippen LogP contribution in [0.15, 0.2) is 42.6 Å². The van der Waals surface area contributed by atoms with Crippen LogP contribution in [0.4, 0.5) is 0 Å². The standard InChI is InChI=1S/C16H20N2O/c1-4-15(17-3)14-7-5-6-8-16(14)19-13-10-9-12(2)18-11-13/h5-11,15,17H,4H2,1-3H3. The smallest absolute Gasteiger partial charge is 0.145 e. The summed E-state index contributed by atoms with van der Waals surface area (Å²) in [6.45, 7) is 4.12. The minimum atomic E-state index is 0.301. The zero-order valence-corrected chi connectivity index (χ0v) is 11.7. The molecule has 0 radical (unpaired) electrons. The molecule has 1 N–H and O–H groups in total. The maximum absolute atomic E-state index is 5.95. The Morgan fingerprint density at radius 1 is 1.21 bits per heavy atom. The van der Waals surface area contributed by atoms with Crippen molar-refractivity contribution in [1.29, 1.82) is 0 Å². The molecule has 3 heteroatoms. The van der Waals surface area contributed by atoms with Crippen LogP contribution in [0.5, 0.6) is 11.5 Å². The van der Waals surface area contributed by atoms with Crippen LogP contribution in [0.1, 0.15) is 30.6 Å². The van der Waals surface area contributed by atoms with Crippen LogP contribution in [0, 0.1) is 6.92 Å². The van der Waals surface area contributed by atoms with Crippen LogP contribution in [0.25, 0.3) is 0 Å². The number of ether oxygens (including phenoxy) is 1. The van der Waals surface area contributed by atoms with Gasteiger partial charge in [-0.2, -0.15) is 0 Å². The zero-order chi connectivity index (χ0) is 13.7. The van der Waals surface area contributed by atoms with Gasteiger partial charge in [0.1, 0.15) is 11.5 Å². The molecule has 2 aromatic rings. The second-order valence-corrected chi connectivity index (χ2v) is 4.52. The summed E-state index contributed by atoms with van der Waals surface area (Å²) < 4.78 is 5.95. The Morgan fingerprint density at radius 3 is 2.63 bits per heavy atom. The molecule has 1 unspecified atom stereocenters. The highest BCUT2D eigenvalue weighted by Gasteiger charge is 2.12. The lowest BCUT2D eigenvalue weighted by Gasteiger charge is -2.18. The van der Waals surface area contributed by atoms with Crippen molar-refractivity contribution in [3.05, 3.63) is 53.9 Å². The van der Waals surface area contributed by atoms with Crippen molar-refractivity contribution in [2.75, 3.05) is 7.05 Å². The van der Waals surface area contributed by atoms with Gasteiger partial charge in [-0.05, 0) is 38.6 Å². The molecule has 0 saturated heterocycles. The first-order chi connectivity index (χ1) is 9.24. The third kappa shape index (κ3) is 3.32. The number of hydrogen-bond donors (Lipinski definition) is 1. The summed E-state index contributed by atoms with van der Waals surface area (Å²) in [5, 5.41) is 3.31. The van der Waals surface area contributed by atoms with Gasteiger partial charge in [-0.15, -0.1) is 0 Å². The van der Waals surface area contributed by atoms with Gasteiger partial charge in [0, 0.05) is 17.3 Å². The SMILES string of the molecule is CCC(NC)c1ccccc1Oc1ccc(C)nc1. The third-order valence-electron chi connectivity index (χ3n) is 3.16. The summed E-state index contributed by atoms with van der Waals surface area (Å²) >= 11 is 0. The van der Waals surface area contributed by atoms with Crippen molar-refractivity contribution in [2.24, 2.45) is 0 Å². The van der Waals surface area contributed by atoms with Crippen LogP contribution < -0.4 is 10.1 Å². The summed E-state index contributed by atoms with van der Waals surface area (Å²) in [7, 11) is 1.97. The quantitative estimate of drug-likeness (QED) is 0.882. The number of para-hydroxylation sites is 1. The van der Waals surface area contributed by atoms with E-state index in [1.807, 2.05) is 44.3 Å². The first-order valence-corrected chi connectivity index (χ1v) is 6.61. The number of nitrogens with zero attached hydrogens (tertiary/aromatic N) is 1. The highest BCUT2D eigenvalue weighted by molar-refractivity contribution is 5.39. The van der Waals surface area contributed by atoms with Gasteiger partial charge in [-0.25, -0.2) is 0 Å². The number of hydrogen-bond acceptors (Lipinski definition) is 3. The number of aromatic nitrogens is 1. The highest BCUT2D eigenvalue weighted by atomic mass is 16.5. The molecule has 1 atom stereocenters. The predicted molar refractivity (Wildman–Crippen MR) is 77.6 cm³/mol. The fourth-order valence-corrected chi connectivity index (χ4v) is 2.08. The summed E-state index contributed by atoms with van der Waals surface area (Å²) in [6.07, 6.45) is 2.77. The van der Waals surface area contributed by atoms with E-state index >= 15 is 0 Å². The van der Waals surface area contributed by atoms with Gasteiger partial charge in [-0.3, -0.25) is 4.98 Å². The molecule has 100 valence electrons. The van der Waals surface area contributed by atoms with Crippen molar-refractivity contribution in [1.82, 2.24) is 10.3 Å². The minimum absolute atomic E-state index is 0.301. The van der Waals surface area contributed by atoms with Crippen LogP contribution >= 0.6 is 0 Å². The summed E-state index contributed by atoms with van der Waals surface area (Å²) in [6, 6.07) is 12.3. The molecular formula is C16H20N2O. The van der Waals surface area contributed by atoms with Crippen LogP contribution in [-0.2, 0) is 0 Å². The summed E-state index contributed by atoms with van der Waals surface area (Å²) in [4.78, 5) is 4.25. The van der Waals surface area contributed by atoms with Gasteiger partial charge in [0.2, 0.25) is 0 Å². The van der Waals surface area contributed by atoms with Crippen molar-refractivity contribution < 1.29 is 4.74 Å². The number of aryl methyl sites for hydroxylation is 1. The van der Waals surface area contributed by atoms with Gasteiger partial charge in [0.15, 0.2) is 0 Å². The van der Waals surface area contributed by atoms with Gasteiger partial charge >= 0.3 is 0 Å². The second-order valence-electron chi connectivity index (χ2n) is 4.52. The summed E-state index contributed by atoms with van der Waals surface area (Å²) in [5.74, 6) is 1.65. The fraction of sp³-hybridized carbons (Fsp3) is 0.312.